The minimum atomic E-state index is -0.883. The van der Waals surface area contributed by atoms with Gasteiger partial charge in [0.1, 0.15) is 25.1 Å². The van der Waals surface area contributed by atoms with E-state index in [1.807, 2.05) is 29.8 Å². The normalized spacial score (nSPS) is 14.4. The molecule has 1 aromatic carbocycles. The maximum atomic E-state index is 12.6. The largest absolute Gasteiger partial charge is 0.486 e. The van der Waals surface area contributed by atoms with E-state index in [1.54, 1.807) is 12.3 Å². The van der Waals surface area contributed by atoms with Gasteiger partial charge < -0.3 is 24.5 Å². The molecule has 2 aromatic rings. The van der Waals surface area contributed by atoms with Gasteiger partial charge in [-0.2, -0.15) is 0 Å². The molecule has 0 unspecified atom stereocenters. The van der Waals surface area contributed by atoms with E-state index in [1.165, 1.54) is 12.8 Å². The third kappa shape index (κ3) is 6.99. The fourth-order valence-corrected chi connectivity index (χ4v) is 3.68. The molecule has 2 atom stereocenters. The monoisotopic (exact) mass is 431 g/mol. The number of carbonyl (C=O) groups is 1. The molecule has 1 amide bonds. The minimum Gasteiger partial charge on any atom is -0.486 e. The lowest BCUT2D eigenvalue weighted by Crippen LogP contribution is -2.42. The second-order valence-electron chi connectivity index (χ2n) is 7.81. The summed E-state index contributed by atoms with van der Waals surface area (Å²) < 4.78 is 13.2. The number of hydrogen-bond donors (Lipinski definition) is 2. The number of imidazole rings is 1. The van der Waals surface area contributed by atoms with Gasteiger partial charge >= 0.3 is 0 Å². The highest BCUT2D eigenvalue weighted by Gasteiger charge is 2.25. The van der Waals surface area contributed by atoms with Crippen LogP contribution in [0.15, 0.2) is 30.6 Å². The lowest BCUT2D eigenvalue weighted by molar-refractivity contribution is -0.123. The van der Waals surface area contributed by atoms with E-state index in [2.05, 4.69) is 17.2 Å². The first-order valence-corrected chi connectivity index (χ1v) is 10.9. The fourth-order valence-electron chi connectivity index (χ4n) is 3.68. The van der Waals surface area contributed by atoms with Crippen LogP contribution in [-0.4, -0.2) is 39.8 Å². The fraction of sp³-hybridized carbons (Fsp3) is 0.583. The Bertz CT molecular complexity index is 821. The number of nitrogens with zero attached hydrogens (tertiary/aromatic N) is 2. The first-order valence-electron chi connectivity index (χ1n) is 10.9. The van der Waals surface area contributed by atoms with Gasteiger partial charge in [0.2, 0.25) is 5.91 Å². The Morgan fingerprint density at radius 2 is 1.94 bits per heavy atom. The summed E-state index contributed by atoms with van der Waals surface area (Å²) >= 11 is 0. The molecule has 172 valence electrons. The van der Waals surface area contributed by atoms with Gasteiger partial charge in [-0.3, -0.25) is 4.79 Å². The summed E-state index contributed by atoms with van der Waals surface area (Å²) in [4.78, 5) is 16.8. The van der Waals surface area contributed by atoms with Gasteiger partial charge in [-0.1, -0.05) is 46.1 Å². The summed E-state index contributed by atoms with van der Waals surface area (Å²) in [5.74, 6) is 2.10. The molecule has 2 heterocycles. The maximum Gasteiger partial charge on any atom is 0.220 e. The highest BCUT2D eigenvalue weighted by atomic mass is 16.6. The molecule has 7 nitrogen and oxygen atoms in total. The Hall–Kier alpha value is -2.54. The van der Waals surface area contributed by atoms with E-state index in [-0.39, 0.29) is 13.3 Å². The number of benzene rings is 1. The van der Waals surface area contributed by atoms with Crippen LogP contribution in [0.2, 0.25) is 0 Å². The van der Waals surface area contributed by atoms with Crippen LogP contribution in [0.3, 0.4) is 0 Å². The molecule has 0 saturated heterocycles. The summed E-state index contributed by atoms with van der Waals surface area (Å²) in [5.41, 5.74) is 0.685. The van der Waals surface area contributed by atoms with E-state index >= 15 is 0 Å². The molecule has 1 aliphatic rings. The average Bonchev–Trinajstić information content (AvgIpc) is 3.16. The number of aryl methyl sites for hydroxylation is 1. The summed E-state index contributed by atoms with van der Waals surface area (Å²) in [6.45, 7) is 5.52. The lowest BCUT2D eigenvalue weighted by atomic mass is 10.0. The van der Waals surface area contributed by atoms with Crippen molar-refractivity contribution in [2.45, 2.75) is 78.5 Å². The summed E-state index contributed by atoms with van der Waals surface area (Å²) in [6, 6.07) is 4.94. The van der Waals surface area contributed by atoms with E-state index < -0.39 is 12.1 Å². The standard InChI is InChI=1S/C23H33N3O4.CH4/c1-3-4-5-6-7-8-22(27)25-19(16-26-12-11-24-17(26)2)23(28)18-9-10-20-21(15-18)30-14-13-29-20;/h9-12,15,19,23,28H,3-8,13-14,16H2,1-2H3,(H,25,27);1H4/t19-,23-;/m1./s1. The van der Waals surface area contributed by atoms with E-state index in [0.29, 0.717) is 43.2 Å². The van der Waals surface area contributed by atoms with Gasteiger partial charge in [0.15, 0.2) is 11.5 Å². The molecule has 31 heavy (non-hydrogen) atoms. The Labute approximate surface area is 185 Å². The average molecular weight is 432 g/mol. The molecule has 0 spiro atoms. The molecule has 0 bridgehead atoms. The van der Waals surface area contributed by atoms with Crippen molar-refractivity contribution in [1.29, 1.82) is 0 Å². The summed E-state index contributed by atoms with van der Waals surface area (Å²) in [5, 5.41) is 14.2. The Balaban J connectivity index is 0.00000341. The van der Waals surface area contributed by atoms with Crippen LogP contribution >= 0.6 is 0 Å². The first-order chi connectivity index (χ1) is 14.6. The minimum absolute atomic E-state index is 0. The molecule has 0 aliphatic carbocycles. The van der Waals surface area contributed by atoms with E-state index in [4.69, 9.17) is 9.47 Å². The number of fused-ring (bicyclic) bond motifs is 1. The number of aliphatic hydroxyl groups excluding tert-OH is 1. The van der Waals surface area contributed by atoms with Gasteiger partial charge in [-0.15, -0.1) is 0 Å². The van der Waals surface area contributed by atoms with Crippen LogP contribution in [-0.2, 0) is 11.3 Å². The third-order valence-electron chi connectivity index (χ3n) is 5.46. The van der Waals surface area contributed by atoms with Crippen molar-refractivity contribution in [1.82, 2.24) is 14.9 Å². The second kappa shape index (κ2) is 12.3. The molecular weight excluding hydrogens is 394 g/mol. The molecule has 1 aromatic heterocycles. The van der Waals surface area contributed by atoms with Gasteiger partial charge in [0.25, 0.3) is 0 Å². The third-order valence-corrected chi connectivity index (χ3v) is 5.46. The van der Waals surface area contributed by atoms with Crippen LogP contribution in [0.4, 0.5) is 0 Å². The van der Waals surface area contributed by atoms with Crippen molar-refractivity contribution in [3.05, 3.63) is 42.0 Å². The summed E-state index contributed by atoms with van der Waals surface area (Å²) in [6.07, 6.45) is 8.62. The molecular formula is C24H37N3O4. The number of nitrogens with one attached hydrogen (secondary N) is 1. The number of aliphatic hydroxyl groups is 1. The number of unbranched alkanes of at least 4 members (excludes halogenated alkanes) is 4. The van der Waals surface area contributed by atoms with Gasteiger partial charge in [0.05, 0.1) is 6.04 Å². The number of ether oxygens (including phenoxy) is 2. The zero-order valence-electron chi connectivity index (χ0n) is 18.0. The highest BCUT2D eigenvalue weighted by molar-refractivity contribution is 5.76. The van der Waals surface area contributed by atoms with Crippen LogP contribution in [0.5, 0.6) is 11.5 Å². The smallest absolute Gasteiger partial charge is 0.220 e. The second-order valence-corrected chi connectivity index (χ2v) is 7.81. The molecule has 0 fully saturated rings. The first kappa shape index (κ1) is 24.7. The van der Waals surface area contributed by atoms with Crippen molar-refractivity contribution in [3.63, 3.8) is 0 Å². The van der Waals surface area contributed by atoms with Crippen LogP contribution in [0, 0.1) is 6.92 Å². The van der Waals surface area contributed by atoms with E-state index in [9.17, 15) is 9.90 Å². The number of amides is 1. The molecule has 1 aliphatic heterocycles. The zero-order valence-corrected chi connectivity index (χ0v) is 18.0. The molecule has 3 rings (SSSR count). The van der Waals surface area contributed by atoms with Crippen LogP contribution in [0.25, 0.3) is 0 Å². The number of hydrogen-bond acceptors (Lipinski definition) is 5. The molecule has 0 saturated carbocycles. The van der Waals surface area contributed by atoms with Crippen molar-refractivity contribution >= 4 is 5.91 Å². The van der Waals surface area contributed by atoms with Crippen molar-refractivity contribution < 1.29 is 19.4 Å². The molecule has 7 heteroatoms. The maximum absolute atomic E-state index is 12.6. The van der Waals surface area contributed by atoms with Crippen LogP contribution < -0.4 is 14.8 Å². The molecule has 2 N–H and O–H groups in total. The van der Waals surface area contributed by atoms with Crippen molar-refractivity contribution in [2.75, 3.05) is 13.2 Å². The van der Waals surface area contributed by atoms with E-state index in [0.717, 1.165) is 25.1 Å². The lowest BCUT2D eigenvalue weighted by Gasteiger charge is -2.27. The zero-order chi connectivity index (χ0) is 21.3. The van der Waals surface area contributed by atoms with Crippen molar-refractivity contribution in [2.24, 2.45) is 0 Å². The van der Waals surface area contributed by atoms with Gasteiger partial charge in [-0.05, 0) is 31.0 Å². The predicted octanol–water partition coefficient (Wildman–Crippen LogP) is 4.18. The van der Waals surface area contributed by atoms with Gasteiger partial charge in [0, 0.05) is 25.4 Å². The Kier molecular flexibility index (Phi) is 9.85. The SMILES string of the molecule is C.CCCCCCCC(=O)N[C@H](Cn1ccnc1C)[C@H](O)c1ccc2c(c1)OCCO2. The predicted molar refractivity (Wildman–Crippen MR) is 121 cm³/mol. The quantitative estimate of drug-likeness (QED) is 0.522. The molecule has 0 radical (unpaired) electrons. The topological polar surface area (TPSA) is 85.6 Å². The Morgan fingerprint density at radius 1 is 1.19 bits per heavy atom. The summed E-state index contributed by atoms with van der Waals surface area (Å²) in [7, 11) is 0. The Morgan fingerprint density at radius 3 is 2.65 bits per heavy atom. The number of rotatable bonds is 11. The highest BCUT2D eigenvalue weighted by Crippen LogP contribution is 2.33. The van der Waals surface area contributed by atoms with Crippen LogP contribution in [0.1, 0.15) is 70.4 Å². The number of aromatic nitrogens is 2. The van der Waals surface area contributed by atoms with Gasteiger partial charge in [-0.25, -0.2) is 4.98 Å². The number of carbonyl (C=O) groups excluding carboxylic acids is 1. The van der Waals surface area contributed by atoms with Crippen molar-refractivity contribution in [3.8, 4) is 11.5 Å².